The zero-order chi connectivity index (χ0) is 16.6. The number of nitrogens with zero attached hydrogens (tertiary/aromatic N) is 1. The number of hydrogen-bond donors (Lipinski definition) is 1. The Morgan fingerprint density at radius 3 is 2.61 bits per heavy atom. The lowest BCUT2D eigenvalue weighted by molar-refractivity contribution is -0.122. The fraction of sp³-hybridized carbons (Fsp3) is 0.312. The molecule has 0 radical (unpaired) electrons. The number of aromatic nitrogens is 1. The molecule has 1 aliphatic heterocycles. The van der Waals surface area contributed by atoms with Crippen LogP contribution in [0.25, 0.3) is 11.3 Å². The van der Waals surface area contributed by atoms with Gasteiger partial charge in [0.1, 0.15) is 6.61 Å². The second-order valence-electron chi connectivity index (χ2n) is 5.47. The third kappa shape index (κ3) is 3.19. The summed E-state index contributed by atoms with van der Waals surface area (Å²) < 4.78 is 9.34. The minimum absolute atomic E-state index is 0.0704. The summed E-state index contributed by atoms with van der Waals surface area (Å²) in [7, 11) is 0. The Labute approximate surface area is 137 Å². The Kier molecular flexibility index (Phi) is 4.04. The topological polar surface area (TPSA) is 77.5 Å². The molecule has 0 aliphatic carbocycles. The van der Waals surface area contributed by atoms with E-state index in [1.54, 1.807) is 0 Å². The first-order valence-corrected chi connectivity index (χ1v) is 8.00. The van der Waals surface area contributed by atoms with Crippen LogP contribution in [-0.2, 0) is 14.3 Å². The van der Waals surface area contributed by atoms with E-state index in [0.29, 0.717) is 5.13 Å². The third-order valence-corrected chi connectivity index (χ3v) is 4.31. The molecule has 2 heterocycles. The predicted molar refractivity (Wildman–Crippen MR) is 86.6 cm³/mol. The van der Waals surface area contributed by atoms with Gasteiger partial charge in [-0.1, -0.05) is 17.7 Å². The highest BCUT2D eigenvalue weighted by molar-refractivity contribution is 7.14. The van der Waals surface area contributed by atoms with E-state index in [0.717, 1.165) is 22.4 Å². The molecule has 23 heavy (non-hydrogen) atoms. The Hall–Kier alpha value is -2.41. The van der Waals surface area contributed by atoms with Gasteiger partial charge in [-0.05, 0) is 31.9 Å². The van der Waals surface area contributed by atoms with Gasteiger partial charge in [0.15, 0.2) is 5.13 Å². The second-order valence-corrected chi connectivity index (χ2v) is 6.33. The Morgan fingerprint density at radius 2 is 2.00 bits per heavy atom. The minimum atomic E-state index is -0.919. The van der Waals surface area contributed by atoms with Gasteiger partial charge in [-0.3, -0.25) is 10.1 Å². The molecule has 120 valence electrons. The van der Waals surface area contributed by atoms with Crippen molar-refractivity contribution in [3.8, 4) is 11.3 Å². The fourth-order valence-electron chi connectivity index (χ4n) is 2.67. The maximum absolute atomic E-state index is 12.0. The lowest BCUT2D eigenvalue weighted by atomic mass is 9.98. The van der Waals surface area contributed by atoms with Gasteiger partial charge in [-0.2, -0.15) is 0 Å². The smallest absolute Gasteiger partial charge is 0.430 e. The largest absolute Gasteiger partial charge is 0.509 e. The number of cyclic esters (lactones) is 2. The van der Waals surface area contributed by atoms with Gasteiger partial charge in [0.05, 0.1) is 5.69 Å². The van der Waals surface area contributed by atoms with Crippen molar-refractivity contribution in [2.75, 3.05) is 11.9 Å². The molecule has 1 aromatic carbocycles. The van der Waals surface area contributed by atoms with Crippen LogP contribution in [0.15, 0.2) is 17.5 Å². The summed E-state index contributed by atoms with van der Waals surface area (Å²) in [6, 6.07) is 4.21. The number of ether oxygens (including phenoxy) is 2. The first-order chi connectivity index (χ1) is 10.9. The van der Waals surface area contributed by atoms with Gasteiger partial charge in [-0.25, -0.2) is 9.78 Å². The Bertz CT molecular complexity index is 761. The van der Waals surface area contributed by atoms with E-state index in [1.807, 2.05) is 19.2 Å². The van der Waals surface area contributed by atoms with Crippen LogP contribution in [0.4, 0.5) is 9.93 Å². The summed E-state index contributed by atoms with van der Waals surface area (Å²) in [6.45, 7) is 6.07. The van der Waals surface area contributed by atoms with Crippen LogP contribution < -0.4 is 5.32 Å². The zero-order valence-electron chi connectivity index (χ0n) is 13.0. The maximum atomic E-state index is 12.0. The standard InChI is InChI=1S/C16H16N2O4S/c1-8-4-9(2)13(10(3)5-8)11-7-23-15(17-11)18-14(19)12-6-21-16(20)22-12/h4-5,7,12H,6H2,1-3H3,(H,17,18,19). The number of anilines is 1. The molecule has 2 aromatic rings. The highest BCUT2D eigenvalue weighted by atomic mass is 32.1. The summed E-state index contributed by atoms with van der Waals surface area (Å²) in [4.78, 5) is 27.3. The number of aryl methyl sites for hydroxylation is 3. The van der Waals surface area contributed by atoms with Crippen LogP contribution in [0.2, 0.25) is 0 Å². The normalized spacial score (nSPS) is 16.8. The average Bonchev–Trinajstić information content (AvgIpc) is 3.07. The van der Waals surface area contributed by atoms with Gasteiger partial charge in [0.2, 0.25) is 6.10 Å². The number of benzene rings is 1. The van der Waals surface area contributed by atoms with E-state index in [-0.39, 0.29) is 6.61 Å². The first kappa shape index (κ1) is 15.5. The van der Waals surface area contributed by atoms with Crippen molar-refractivity contribution in [3.05, 3.63) is 34.2 Å². The lowest BCUT2D eigenvalue weighted by Crippen LogP contribution is -2.29. The van der Waals surface area contributed by atoms with E-state index in [2.05, 4.69) is 34.1 Å². The summed E-state index contributed by atoms with van der Waals surface area (Å²) in [5.41, 5.74) is 5.38. The zero-order valence-corrected chi connectivity index (χ0v) is 13.8. The number of thiazole rings is 1. The van der Waals surface area contributed by atoms with Gasteiger partial charge in [-0.15, -0.1) is 11.3 Å². The second kappa shape index (κ2) is 6.00. The molecule has 0 spiro atoms. The van der Waals surface area contributed by atoms with Crippen molar-refractivity contribution in [3.63, 3.8) is 0 Å². The quantitative estimate of drug-likeness (QED) is 0.873. The number of carbonyl (C=O) groups excluding carboxylic acids is 2. The molecule has 1 aliphatic rings. The van der Waals surface area contributed by atoms with Crippen molar-refractivity contribution in [2.45, 2.75) is 26.9 Å². The molecule has 1 atom stereocenters. The van der Waals surface area contributed by atoms with Gasteiger partial charge < -0.3 is 9.47 Å². The molecule has 3 rings (SSSR count). The summed E-state index contributed by atoms with van der Waals surface area (Å²) in [5, 5.41) is 5.02. The SMILES string of the molecule is Cc1cc(C)c(-c2csc(NC(=O)C3COC(=O)O3)n2)c(C)c1. The molecule has 1 unspecified atom stereocenters. The maximum Gasteiger partial charge on any atom is 0.509 e. The molecular formula is C16H16N2O4S. The monoisotopic (exact) mass is 332 g/mol. The molecule has 0 bridgehead atoms. The summed E-state index contributed by atoms with van der Waals surface area (Å²) in [5.74, 6) is -0.436. The average molecular weight is 332 g/mol. The number of carbonyl (C=O) groups is 2. The van der Waals surface area contributed by atoms with Gasteiger partial charge in [0.25, 0.3) is 5.91 Å². The number of nitrogens with one attached hydrogen (secondary N) is 1. The van der Waals surface area contributed by atoms with Crippen LogP contribution in [0, 0.1) is 20.8 Å². The first-order valence-electron chi connectivity index (χ1n) is 7.12. The van der Waals surface area contributed by atoms with E-state index in [1.165, 1.54) is 16.9 Å². The minimum Gasteiger partial charge on any atom is -0.430 e. The van der Waals surface area contributed by atoms with E-state index in [9.17, 15) is 9.59 Å². The van der Waals surface area contributed by atoms with Crippen LogP contribution in [0.1, 0.15) is 16.7 Å². The molecule has 1 N–H and O–H groups in total. The molecule has 1 aromatic heterocycles. The van der Waals surface area contributed by atoms with Crippen LogP contribution in [0.3, 0.4) is 0 Å². The van der Waals surface area contributed by atoms with Crippen LogP contribution in [-0.4, -0.2) is 29.8 Å². The fourth-order valence-corrected chi connectivity index (χ4v) is 3.38. The molecule has 1 saturated heterocycles. The van der Waals surface area contributed by atoms with Crippen molar-refractivity contribution >= 4 is 28.5 Å². The lowest BCUT2D eigenvalue weighted by Gasteiger charge is -2.09. The van der Waals surface area contributed by atoms with Crippen LogP contribution >= 0.6 is 11.3 Å². The molecule has 7 heteroatoms. The van der Waals surface area contributed by atoms with Gasteiger partial charge in [0, 0.05) is 10.9 Å². The summed E-state index contributed by atoms with van der Waals surface area (Å²) in [6.07, 6.45) is -1.74. The molecular weight excluding hydrogens is 316 g/mol. The Morgan fingerprint density at radius 1 is 1.30 bits per heavy atom. The molecule has 6 nitrogen and oxygen atoms in total. The van der Waals surface area contributed by atoms with Crippen molar-refractivity contribution in [1.29, 1.82) is 0 Å². The molecule has 1 fully saturated rings. The van der Waals surface area contributed by atoms with Crippen molar-refractivity contribution in [2.24, 2.45) is 0 Å². The number of amides is 1. The third-order valence-electron chi connectivity index (χ3n) is 3.55. The number of hydrogen-bond acceptors (Lipinski definition) is 6. The molecule has 1 amide bonds. The molecule has 0 saturated carbocycles. The van der Waals surface area contributed by atoms with E-state index >= 15 is 0 Å². The highest BCUT2D eigenvalue weighted by Gasteiger charge is 2.32. The van der Waals surface area contributed by atoms with Crippen molar-refractivity contribution in [1.82, 2.24) is 4.98 Å². The summed E-state index contributed by atoms with van der Waals surface area (Å²) >= 11 is 1.33. The van der Waals surface area contributed by atoms with E-state index in [4.69, 9.17) is 4.74 Å². The predicted octanol–water partition coefficient (Wildman–Crippen LogP) is 3.21. The van der Waals surface area contributed by atoms with Crippen LogP contribution in [0.5, 0.6) is 0 Å². The van der Waals surface area contributed by atoms with E-state index < -0.39 is 18.2 Å². The highest BCUT2D eigenvalue weighted by Crippen LogP contribution is 2.31. The Balaban J connectivity index is 1.79. The van der Waals surface area contributed by atoms with Crippen molar-refractivity contribution < 1.29 is 19.1 Å². The number of rotatable bonds is 3. The van der Waals surface area contributed by atoms with Gasteiger partial charge >= 0.3 is 6.16 Å².